The maximum Gasteiger partial charge on any atom is 0.0669 e. The summed E-state index contributed by atoms with van der Waals surface area (Å²) in [6.07, 6.45) is 2.24. The van der Waals surface area contributed by atoms with Crippen LogP contribution in [0.2, 0.25) is 0 Å². The predicted molar refractivity (Wildman–Crippen MR) is 61.7 cm³/mol. The molecule has 3 rings (SSSR count). The van der Waals surface area contributed by atoms with E-state index in [4.69, 9.17) is 0 Å². The maximum atomic E-state index is 4.19. The normalized spacial score (nSPS) is 15.4. The van der Waals surface area contributed by atoms with Crippen molar-refractivity contribution in [1.82, 2.24) is 15.5 Å². The average Bonchev–Trinajstić information content (AvgIpc) is 2.54. The summed E-state index contributed by atoms with van der Waals surface area (Å²) in [7, 11) is 0. The molecule has 2 N–H and O–H groups in total. The maximum absolute atomic E-state index is 4.19. The van der Waals surface area contributed by atoms with Gasteiger partial charge in [-0.2, -0.15) is 5.10 Å². The van der Waals surface area contributed by atoms with Crippen molar-refractivity contribution in [3.8, 4) is 0 Å². The summed E-state index contributed by atoms with van der Waals surface area (Å²) in [4.78, 5) is 0. The molecule has 0 atom stereocenters. The molecule has 3 nitrogen and oxygen atoms in total. The van der Waals surface area contributed by atoms with Crippen molar-refractivity contribution >= 4 is 17.0 Å². The van der Waals surface area contributed by atoms with E-state index in [0.29, 0.717) is 0 Å². The molecule has 0 radical (unpaired) electrons. The second-order valence-corrected chi connectivity index (χ2v) is 4.02. The van der Waals surface area contributed by atoms with Crippen LogP contribution in [0.15, 0.2) is 23.8 Å². The van der Waals surface area contributed by atoms with Crippen molar-refractivity contribution in [2.45, 2.75) is 6.92 Å². The Balaban J connectivity index is 2.06. The Hall–Kier alpha value is -1.61. The smallest absolute Gasteiger partial charge is 0.0669 e. The van der Waals surface area contributed by atoms with Gasteiger partial charge in [-0.05, 0) is 24.1 Å². The summed E-state index contributed by atoms with van der Waals surface area (Å²) in [5.41, 5.74) is 4.90. The Morgan fingerprint density at radius 2 is 2.20 bits per heavy atom. The lowest BCUT2D eigenvalue weighted by molar-refractivity contribution is 0.675. The summed E-state index contributed by atoms with van der Waals surface area (Å²) < 4.78 is 0. The fourth-order valence-corrected chi connectivity index (χ4v) is 1.87. The lowest BCUT2D eigenvalue weighted by Crippen LogP contribution is -2.33. The van der Waals surface area contributed by atoms with Crippen LogP contribution in [0, 0.1) is 6.92 Å². The number of H-pyrrole nitrogens is 1. The summed E-state index contributed by atoms with van der Waals surface area (Å²) >= 11 is 0. The molecule has 1 fully saturated rings. The standard InChI is InChI=1S/C12H13N3/c1-8-11-3-2-9(4-10-6-13-7-10)5-12(11)15-14-8/h2-5,13H,6-7H2,1H3,(H,14,15). The number of nitrogens with zero attached hydrogens (tertiary/aromatic N) is 1. The number of benzene rings is 1. The second kappa shape index (κ2) is 3.21. The number of hydrogen-bond acceptors (Lipinski definition) is 2. The lowest BCUT2D eigenvalue weighted by Gasteiger charge is -2.18. The van der Waals surface area contributed by atoms with E-state index >= 15 is 0 Å². The fourth-order valence-electron chi connectivity index (χ4n) is 1.87. The van der Waals surface area contributed by atoms with Gasteiger partial charge in [-0.15, -0.1) is 0 Å². The molecule has 0 saturated carbocycles. The first-order chi connectivity index (χ1) is 7.33. The summed E-state index contributed by atoms with van der Waals surface area (Å²) in [6.45, 7) is 4.08. The van der Waals surface area contributed by atoms with Gasteiger partial charge in [-0.1, -0.05) is 18.2 Å². The Morgan fingerprint density at radius 1 is 1.33 bits per heavy atom. The van der Waals surface area contributed by atoms with E-state index in [1.54, 1.807) is 0 Å². The van der Waals surface area contributed by atoms with Gasteiger partial charge in [0.1, 0.15) is 0 Å². The summed E-state index contributed by atoms with van der Waals surface area (Å²) in [5, 5.41) is 11.7. The minimum Gasteiger partial charge on any atom is -0.309 e. The highest BCUT2D eigenvalue weighted by molar-refractivity contribution is 5.83. The molecule has 1 aromatic carbocycles. The van der Waals surface area contributed by atoms with Gasteiger partial charge in [0, 0.05) is 18.5 Å². The minimum atomic E-state index is 1.03. The lowest BCUT2D eigenvalue weighted by atomic mass is 10.1. The van der Waals surface area contributed by atoms with Crippen LogP contribution in [0.3, 0.4) is 0 Å². The number of aromatic nitrogens is 2. The van der Waals surface area contributed by atoms with Crippen molar-refractivity contribution in [2.75, 3.05) is 13.1 Å². The number of rotatable bonds is 1. The van der Waals surface area contributed by atoms with Gasteiger partial charge in [0.05, 0.1) is 11.2 Å². The fraction of sp³-hybridized carbons (Fsp3) is 0.250. The molecule has 0 spiro atoms. The van der Waals surface area contributed by atoms with E-state index in [9.17, 15) is 0 Å². The SMILES string of the molecule is Cc1n[nH]c2cc(C=C3CNC3)ccc12. The number of fused-ring (bicyclic) bond motifs is 1. The zero-order chi connectivity index (χ0) is 10.3. The van der Waals surface area contributed by atoms with Gasteiger partial charge in [0.25, 0.3) is 0 Å². The molecule has 0 bridgehead atoms. The third-order valence-electron chi connectivity index (χ3n) is 2.85. The molecule has 2 heterocycles. The molecule has 76 valence electrons. The van der Waals surface area contributed by atoms with Crippen molar-refractivity contribution in [3.63, 3.8) is 0 Å². The van der Waals surface area contributed by atoms with Gasteiger partial charge in [-0.3, -0.25) is 5.10 Å². The van der Waals surface area contributed by atoms with E-state index in [0.717, 1.165) is 24.3 Å². The molecule has 1 aromatic heterocycles. The summed E-state index contributed by atoms with van der Waals surface area (Å²) in [5.74, 6) is 0. The Morgan fingerprint density at radius 3 is 2.93 bits per heavy atom. The first-order valence-corrected chi connectivity index (χ1v) is 5.18. The van der Waals surface area contributed by atoms with E-state index in [1.807, 2.05) is 6.92 Å². The Kier molecular flexibility index (Phi) is 1.86. The van der Waals surface area contributed by atoms with Gasteiger partial charge in [0.2, 0.25) is 0 Å². The van der Waals surface area contributed by atoms with Crippen LogP contribution in [0.4, 0.5) is 0 Å². The van der Waals surface area contributed by atoms with Crippen molar-refractivity contribution < 1.29 is 0 Å². The van der Waals surface area contributed by atoms with E-state index in [1.165, 1.54) is 16.5 Å². The topological polar surface area (TPSA) is 40.7 Å². The number of nitrogens with one attached hydrogen (secondary N) is 2. The molecule has 0 amide bonds. The first-order valence-electron chi connectivity index (χ1n) is 5.18. The molecule has 1 aliphatic rings. The molecule has 2 aromatic rings. The molecule has 1 aliphatic heterocycles. The first kappa shape index (κ1) is 8.68. The molecule has 15 heavy (non-hydrogen) atoms. The van der Waals surface area contributed by atoms with Gasteiger partial charge >= 0.3 is 0 Å². The zero-order valence-electron chi connectivity index (χ0n) is 8.67. The van der Waals surface area contributed by atoms with Crippen LogP contribution in [0.25, 0.3) is 17.0 Å². The highest BCUT2D eigenvalue weighted by atomic mass is 15.1. The monoisotopic (exact) mass is 199 g/mol. The van der Waals surface area contributed by atoms with Crippen molar-refractivity contribution in [2.24, 2.45) is 0 Å². The van der Waals surface area contributed by atoms with Gasteiger partial charge < -0.3 is 5.32 Å². The minimum absolute atomic E-state index is 1.03. The van der Waals surface area contributed by atoms with Crippen LogP contribution in [-0.2, 0) is 0 Å². The van der Waals surface area contributed by atoms with Crippen LogP contribution < -0.4 is 5.32 Å². The van der Waals surface area contributed by atoms with Crippen LogP contribution >= 0.6 is 0 Å². The average molecular weight is 199 g/mol. The summed E-state index contributed by atoms with van der Waals surface area (Å²) in [6, 6.07) is 6.43. The second-order valence-electron chi connectivity index (χ2n) is 4.02. The molecular weight excluding hydrogens is 186 g/mol. The number of aromatic amines is 1. The van der Waals surface area contributed by atoms with E-state index < -0.39 is 0 Å². The highest BCUT2D eigenvalue weighted by Crippen LogP contribution is 2.19. The number of hydrogen-bond donors (Lipinski definition) is 2. The molecule has 0 unspecified atom stereocenters. The Labute approximate surface area is 88.2 Å². The molecular formula is C12H13N3. The highest BCUT2D eigenvalue weighted by Gasteiger charge is 2.07. The van der Waals surface area contributed by atoms with Gasteiger partial charge in [0.15, 0.2) is 0 Å². The van der Waals surface area contributed by atoms with Gasteiger partial charge in [-0.25, -0.2) is 0 Å². The van der Waals surface area contributed by atoms with Crippen molar-refractivity contribution in [3.05, 3.63) is 35.0 Å². The van der Waals surface area contributed by atoms with Crippen molar-refractivity contribution in [1.29, 1.82) is 0 Å². The van der Waals surface area contributed by atoms with Crippen LogP contribution in [-0.4, -0.2) is 23.3 Å². The van der Waals surface area contributed by atoms with E-state index in [2.05, 4.69) is 39.8 Å². The quantitative estimate of drug-likeness (QED) is 0.736. The third kappa shape index (κ3) is 1.45. The van der Waals surface area contributed by atoms with Crippen LogP contribution in [0.1, 0.15) is 11.3 Å². The molecule has 3 heteroatoms. The largest absolute Gasteiger partial charge is 0.309 e. The zero-order valence-corrected chi connectivity index (χ0v) is 8.67. The molecule has 1 saturated heterocycles. The molecule has 0 aliphatic carbocycles. The predicted octanol–water partition coefficient (Wildman–Crippen LogP) is 1.86. The van der Waals surface area contributed by atoms with Crippen LogP contribution in [0.5, 0.6) is 0 Å². The van der Waals surface area contributed by atoms with E-state index in [-0.39, 0.29) is 0 Å². The number of aryl methyl sites for hydroxylation is 1. The third-order valence-corrected chi connectivity index (χ3v) is 2.85. The Bertz CT molecular complexity index is 531.